The van der Waals surface area contributed by atoms with Crippen LogP contribution < -0.4 is 10.6 Å². The number of carbonyl (C=O) groups is 2. The molecule has 0 spiro atoms. The fraction of sp³-hybridized carbons (Fsp3) is 0.296. The van der Waals surface area contributed by atoms with Crippen molar-refractivity contribution in [2.75, 3.05) is 10.6 Å². The number of nitrogens with zero attached hydrogens (tertiary/aromatic N) is 2. The Morgan fingerprint density at radius 1 is 1.12 bits per heavy atom. The van der Waals surface area contributed by atoms with Gasteiger partial charge < -0.3 is 10.6 Å². The first-order valence-corrected chi connectivity index (χ1v) is 11.8. The summed E-state index contributed by atoms with van der Waals surface area (Å²) in [5, 5.41) is 11.6. The highest BCUT2D eigenvalue weighted by atomic mass is 35.5. The van der Waals surface area contributed by atoms with Gasteiger partial charge in [0.1, 0.15) is 17.4 Å². The van der Waals surface area contributed by atoms with Gasteiger partial charge in [0.15, 0.2) is 5.78 Å². The first kappa shape index (κ1) is 22.4. The minimum atomic E-state index is -0.421. The third-order valence-electron chi connectivity index (χ3n) is 6.70. The molecule has 3 aromatic rings. The van der Waals surface area contributed by atoms with Gasteiger partial charge in [-0.05, 0) is 66.6 Å². The standard InChI is InChI=1S/C27H27ClN4O2/c1-15-5-10-19(11-16(15)2)30-26(34)20-14-29-32-24(17-6-8-18(28)9-7-17)23-21(31-25(20)32)12-27(3,4)13-22(23)33/h5-11,14,24,31H,12-13H2,1-4H3,(H,30,34)/t24-/m1/s1. The lowest BCUT2D eigenvalue weighted by Crippen LogP contribution is -2.36. The van der Waals surface area contributed by atoms with Crippen molar-refractivity contribution in [2.24, 2.45) is 5.41 Å². The van der Waals surface area contributed by atoms with Crippen LogP contribution in [0.15, 0.2) is 59.9 Å². The van der Waals surface area contributed by atoms with E-state index in [2.05, 4.69) is 29.6 Å². The highest BCUT2D eigenvalue weighted by Gasteiger charge is 2.42. The van der Waals surface area contributed by atoms with Crippen LogP contribution in [0.4, 0.5) is 11.5 Å². The summed E-state index contributed by atoms with van der Waals surface area (Å²) >= 11 is 6.13. The summed E-state index contributed by atoms with van der Waals surface area (Å²) in [6.07, 6.45) is 2.74. The highest BCUT2D eigenvalue weighted by molar-refractivity contribution is 6.30. The number of hydrogen-bond donors (Lipinski definition) is 2. The summed E-state index contributed by atoms with van der Waals surface area (Å²) in [5.74, 6) is 0.434. The minimum absolute atomic E-state index is 0.0981. The van der Waals surface area contributed by atoms with Crippen LogP contribution in [0.3, 0.4) is 0 Å². The van der Waals surface area contributed by atoms with Gasteiger partial charge in [-0.2, -0.15) is 5.10 Å². The lowest BCUT2D eigenvalue weighted by molar-refractivity contribution is -0.118. The zero-order valence-electron chi connectivity index (χ0n) is 19.7. The first-order chi connectivity index (χ1) is 16.1. The van der Waals surface area contributed by atoms with E-state index < -0.39 is 6.04 Å². The van der Waals surface area contributed by atoms with Crippen molar-refractivity contribution >= 4 is 34.8 Å². The number of halogens is 1. The fourth-order valence-corrected chi connectivity index (χ4v) is 4.97. The molecular weight excluding hydrogens is 448 g/mol. The number of aryl methyl sites for hydroxylation is 2. The van der Waals surface area contributed by atoms with Crippen molar-refractivity contribution in [1.82, 2.24) is 9.78 Å². The predicted octanol–water partition coefficient (Wildman–Crippen LogP) is 6.06. The molecule has 2 aliphatic rings. The van der Waals surface area contributed by atoms with Crippen LogP contribution in [0.2, 0.25) is 5.02 Å². The average molecular weight is 475 g/mol. The molecule has 2 N–H and O–H groups in total. The Kier molecular flexibility index (Phi) is 5.36. The number of allylic oxidation sites excluding steroid dienone is 2. The second-order valence-corrected chi connectivity index (χ2v) is 10.5. The Morgan fingerprint density at radius 2 is 1.85 bits per heavy atom. The topological polar surface area (TPSA) is 76.0 Å². The van der Waals surface area contributed by atoms with Crippen molar-refractivity contribution in [3.8, 4) is 0 Å². The number of aromatic nitrogens is 2. The Bertz CT molecular complexity index is 1350. The number of ketones is 1. The maximum Gasteiger partial charge on any atom is 0.261 e. The number of hydrogen-bond acceptors (Lipinski definition) is 4. The van der Waals surface area contributed by atoms with E-state index in [0.717, 1.165) is 28.1 Å². The molecule has 1 aliphatic carbocycles. The van der Waals surface area contributed by atoms with E-state index in [1.807, 2.05) is 56.3 Å². The molecule has 0 radical (unpaired) electrons. The monoisotopic (exact) mass is 474 g/mol. The molecule has 0 unspecified atom stereocenters. The Labute approximate surface area is 204 Å². The van der Waals surface area contributed by atoms with Crippen molar-refractivity contribution in [1.29, 1.82) is 0 Å². The molecule has 0 saturated carbocycles. The second-order valence-electron chi connectivity index (χ2n) is 10.0. The van der Waals surface area contributed by atoms with Crippen molar-refractivity contribution < 1.29 is 9.59 Å². The largest absolute Gasteiger partial charge is 0.343 e. The molecule has 1 aromatic heterocycles. The zero-order valence-corrected chi connectivity index (χ0v) is 20.5. The predicted molar refractivity (Wildman–Crippen MR) is 134 cm³/mol. The van der Waals surface area contributed by atoms with Gasteiger partial charge in [0, 0.05) is 28.4 Å². The molecule has 1 amide bonds. The average Bonchev–Trinajstić information content (AvgIpc) is 3.18. The first-order valence-electron chi connectivity index (χ1n) is 11.4. The van der Waals surface area contributed by atoms with Gasteiger partial charge in [-0.25, -0.2) is 4.68 Å². The van der Waals surface area contributed by atoms with Gasteiger partial charge >= 0.3 is 0 Å². The molecule has 6 nitrogen and oxygen atoms in total. The van der Waals surface area contributed by atoms with E-state index in [0.29, 0.717) is 34.8 Å². The maximum atomic E-state index is 13.3. The van der Waals surface area contributed by atoms with Crippen LogP contribution in [0.1, 0.15) is 59.8 Å². The number of anilines is 2. The molecule has 5 rings (SSSR count). The molecule has 0 saturated heterocycles. The van der Waals surface area contributed by atoms with Gasteiger partial charge in [0.05, 0.1) is 6.20 Å². The minimum Gasteiger partial charge on any atom is -0.343 e. The third kappa shape index (κ3) is 3.92. The number of nitrogens with one attached hydrogen (secondary N) is 2. The third-order valence-corrected chi connectivity index (χ3v) is 6.95. The summed E-state index contributed by atoms with van der Waals surface area (Å²) in [6.45, 7) is 8.23. The summed E-state index contributed by atoms with van der Waals surface area (Å²) in [5.41, 5.74) is 5.72. The normalized spacial score (nSPS) is 18.7. The molecule has 0 bridgehead atoms. The zero-order chi connectivity index (χ0) is 24.2. The smallest absolute Gasteiger partial charge is 0.261 e. The molecule has 2 aromatic carbocycles. The Hall–Kier alpha value is -3.38. The molecule has 0 fully saturated rings. The van der Waals surface area contributed by atoms with E-state index >= 15 is 0 Å². The Morgan fingerprint density at radius 3 is 2.56 bits per heavy atom. The summed E-state index contributed by atoms with van der Waals surface area (Å²) in [7, 11) is 0. The van der Waals surface area contributed by atoms with Gasteiger partial charge in [0.2, 0.25) is 0 Å². The number of benzene rings is 2. The fourth-order valence-electron chi connectivity index (χ4n) is 4.85. The molecule has 1 aliphatic heterocycles. The van der Waals surface area contributed by atoms with E-state index in [1.165, 1.54) is 0 Å². The van der Waals surface area contributed by atoms with Crippen LogP contribution in [0.25, 0.3) is 0 Å². The molecule has 7 heteroatoms. The summed E-state index contributed by atoms with van der Waals surface area (Å²) in [6, 6.07) is 12.9. The van der Waals surface area contributed by atoms with Crippen molar-refractivity contribution in [3.63, 3.8) is 0 Å². The highest BCUT2D eigenvalue weighted by Crippen LogP contribution is 2.46. The second kappa shape index (κ2) is 8.13. The van der Waals surface area contributed by atoms with E-state index in [9.17, 15) is 9.59 Å². The molecule has 1 atom stereocenters. The SMILES string of the molecule is Cc1ccc(NC(=O)c2cnn3c2NC2=C(C(=O)CC(C)(C)C2)[C@H]3c2ccc(Cl)cc2)cc1C. The van der Waals surface area contributed by atoms with Gasteiger partial charge in [0.25, 0.3) is 5.91 Å². The number of fused-ring (bicyclic) bond motifs is 1. The van der Waals surface area contributed by atoms with Gasteiger partial charge in [-0.3, -0.25) is 9.59 Å². The number of carbonyl (C=O) groups excluding carboxylic acids is 2. The van der Waals surface area contributed by atoms with E-state index in [-0.39, 0.29) is 17.1 Å². The molecule has 2 heterocycles. The number of amides is 1. The summed E-state index contributed by atoms with van der Waals surface area (Å²) in [4.78, 5) is 26.6. The summed E-state index contributed by atoms with van der Waals surface area (Å²) < 4.78 is 1.74. The number of rotatable bonds is 3. The quantitative estimate of drug-likeness (QED) is 0.483. The van der Waals surface area contributed by atoms with Crippen LogP contribution in [-0.4, -0.2) is 21.5 Å². The molecule has 174 valence electrons. The Balaban J connectivity index is 1.58. The molecular formula is C27H27ClN4O2. The van der Waals surface area contributed by atoms with Crippen LogP contribution in [0.5, 0.6) is 0 Å². The van der Waals surface area contributed by atoms with Crippen LogP contribution in [0, 0.1) is 19.3 Å². The van der Waals surface area contributed by atoms with Gasteiger partial charge in [-0.15, -0.1) is 0 Å². The van der Waals surface area contributed by atoms with E-state index in [1.54, 1.807) is 10.9 Å². The maximum absolute atomic E-state index is 13.3. The van der Waals surface area contributed by atoms with Crippen molar-refractivity contribution in [3.05, 3.63) is 87.2 Å². The lowest BCUT2D eigenvalue weighted by Gasteiger charge is -2.39. The van der Waals surface area contributed by atoms with Crippen molar-refractivity contribution in [2.45, 2.75) is 46.6 Å². The lowest BCUT2D eigenvalue weighted by atomic mass is 9.73. The molecule has 34 heavy (non-hydrogen) atoms. The van der Waals surface area contributed by atoms with E-state index in [4.69, 9.17) is 11.6 Å². The van der Waals surface area contributed by atoms with Crippen LogP contribution >= 0.6 is 11.6 Å². The van der Waals surface area contributed by atoms with Crippen LogP contribution in [-0.2, 0) is 4.79 Å². The number of Topliss-reactive ketones (excluding diaryl/α,β-unsaturated/α-hetero) is 1. The van der Waals surface area contributed by atoms with Gasteiger partial charge in [-0.1, -0.05) is 43.6 Å².